The van der Waals surface area contributed by atoms with E-state index in [-0.39, 0.29) is 9.92 Å². The van der Waals surface area contributed by atoms with Crippen LogP contribution in [-0.4, -0.2) is 40.6 Å². The van der Waals surface area contributed by atoms with Crippen LogP contribution in [0.3, 0.4) is 0 Å². The number of sulfonamides is 1. The van der Waals surface area contributed by atoms with Crippen molar-refractivity contribution in [3.63, 3.8) is 0 Å². The molecule has 8 heteroatoms. The van der Waals surface area contributed by atoms with Gasteiger partial charge in [0.05, 0.1) is 27.7 Å². The molecule has 2 aromatic carbocycles. The Kier molecular flexibility index (Phi) is 5.91. The van der Waals surface area contributed by atoms with Crippen LogP contribution in [0.1, 0.15) is 17.5 Å². The summed E-state index contributed by atoms with van der Waals surface area (Å²) in [6.45, 7) is 0. The van der Waals surface area contributed by atoms with Crippen molar-refractivity contribution in [2.75, 3.05) is 25.9 Å². The second-order valence-electron chi connectivity index (χ2n) is 6.81. The zero-order chi connectivity index (χ0) is 19.8. The van der Waals surface area contributed by atoms with Gasteiger partial charge in [0.15, 0.2) is 0 Å². The Bertz CT molecular complexity index is 962. The fraction of sp³-hybridized carbons (Fsp3) is 0.368. The van der Waals surface area contributed by atoms with Crippen molar-refractivity contribution in [2.24, 2.45) is 0 Å². The highest BCUT2D eigenvalue weighted by atomic mass is 35.5. The molecule has 2 aromatic rings. The Hall–Kier alpha value is -1.47. The number of benzene rings is 2. The van der Waals surface area contributed by atoms with E-state index in [2.05, 4.69) is 23.7 Å². The molecule has 0 saturated heterocycles. The predicted molar refractivity (Wildman–Crippen MR) is 110 cm³/mol. The predicted octanol–water partition coefficient (Wildman–Crippen LogP) is 4.22. The average Bonchev–Trinajstić information content (AvgIpc) is 2.63. The Morgan fingerprint density at radius 3 is 2.48 bits per heavy atom. The molecule has 0 spiro atoms. The monoisotopic (exact) mass is 428 g/mol. The molecule has 0 aromatic heterocycles. The maximum atomic E-state index is 12.8. The molecule has 1 atom stereocenters. The standard InChI is InChI=1S/C19H22Cl2N2O3S/c1-23(2)12-4-6-14-15(10-12)19(26-3)9-8-18(14)22-27(24,25)13-5-7-16(20)17(21)11-13/h5,7-9,11-12,22H,4,6,10H2,1-3H3. The van der Waals surface area contributed by atoms with E-state index in [1.165, 1.54) is 18.2 Å². The quantitative estimate of drug-likeness (QED) is 0.773. The molecule has 3 rings (SSSR count). The number of likely N-dealkylation sites (N-methyl/N-ethyl adjacent to an activating group) is 1. The summed E-state index contributed by atoms with van der Waals surface area (Å²) in [4.78, 5) is 2.26. The number of rotatable bonds is 5. The zero-order valence-corrected chi connectivity index (χ0v) is 17.7. The summed E-state index contributed by atoms with van der Waals surface area (Å²) in [5.74, 6) is 0.786. The number of hydrogen-bond donors (Lipinski definition) is 1. The lowest BCUT2D eigenvalue weighted by molar-refractivity contribution is 0.265. The first kappa shape index (κ1) is 20.3. The van der Waals surface area contributed by atoms with Gasteiger partial charge in [-0.3, -0.25) is 4.72 Å². The first-order valence-electron chi connectivity index (χ1n) is 8.56. The molecule has 1 unspecified atom stereocenters. The van der Waals surface area contributed by atoms with Gasteiger partial charge in [0.25, 0.3) is 10.0 Å². The van der Waals surface area contributed by atoms with E-state index in [4.69, 9.17) is 27.9 Å². The molecular weight excluding hydrogens is 407 g/mol. The second kappa shape index (κ2) is 7.87. The average molecular weight is 429 g/mol. The van der Waals surface area contributed by atoms with Crippen LogP contribution in [0.25, 0.3) is 0 Å². The summed E-state index contributed by atoms with van der Waals surface area (Å²) in [7, 11) is 1.96. The summed E-state index contributed by atoms with van der Waals surface area (Å²) >= 11 is 11.9. The number of ether oxygens (including phenoxy) is 1. The van der Waals surface area contributed by atoms with E-state index < -0.39 is 10.0 Å². The molecule has 5 nitrogen and oxygen atoms in total. The van der Waals surface area contributed by atoms with Gasteiger partial charge in [0.2, 0.25) is 0 Å². The lowest BCUT2D eigenvalue weighted by Gasteiger charge is -2.32. The minimum absolute atomic E-state index is 0.0726. The van der Waals surface area contributed by atoms with Gasteiger partial charge in [-0.15, -0.1) is 0 Å². The van der Waals surface area contributed by atoms with Crippen LogP contribution < -0.4 is 9.46 Å². The van der Waals surface area contributed by atoms with Crippen molar-refractivity contribution >= 4 is 38.9 Å². The van der Waals surface area contributed by atoms with Crippen LogP contribution in [0.2, 0.25) is 10.0 Å². The maximum Gasteiger partial charge on any atom is 0.261 e. The van der Waals surface area contributed by atoms with Gasteiger partial charge in [-0.25, -0.2) is 8.42 Å². The largest absolute Gasteiger partial charge is 0.496 e. The zero-order valence-electron chi connectivity index (χ0n) is 15.4. The van der Waals surface area contributed by atoms with E-state index in [9.17, 15) is 8.42 Å². The molecule has 0 heterocycles. The molecule has 27 heavy (non-hydrogen) atoms. The van der Waals surface area contributed by atoms with Gasteiger partial charge in [-0.1, -0.05) is 23.2 Å². The minimum Gasteiger partial charge on any atom is -0.496 e. The van der Waals surface area contributed by atoms with Crippen molar-refractivity contribution in [1.29, 1.82) is 0 Å². The number of nitrogens with one attached hydrogen (secondary N) is 1. The number of anilines is 1. The number of fused-ring (bicyclic) bond motifs is 1. The lowest BCUT2D eigenvalue weighted by Crippen LogP contribution is -2.34. The van der Waals surface area contributed by atoms with E-state index in [1.807, 2.05) is 6.07 Å². The van der Waals surface area contributed by atoms with Crippen LogP contribution >= 0.6 is 23.2 Å². The minimum atomic E-state index is -3.78. The lowest BCUT2D eigenvalue weighted by atomic mass is 9.86. The molecule has 0 fully saturated rings. The van der Waals surface area contributed by atoms with Gasteiger partial charge >= 0.3 is 0 Å². The Balaban J connectivity index is 1.98. The Morgan fingerprint density at radius 1 is 1.11 bits per heavy atom. The van der Waals surface area contributed by atoms with E-state index >= 15 is 0 Å². The smallest absolute Gasteiger partial charge is 0.261 e. The highest BCUT2D eigenvalue weighted by molar-refractivity contribution is 7.92. The molecular formula is C19H22Cl2N2O3S. The molecule has 1 aliphatic carbocycles. The number of nitrogens with zero attached hydrogens (tertiary/aromatic N) is 1. The second-order valence-corrected chi connectivity index (χ2v) is 9.31. The van der Waals surface area contributed by atoms with Gasteiger partial charge in [-0.05, 0) is 69.3 Å². The first-order valence-corrected chi connectivity index (χ1v) is 10.8. The molecule has 0 saturated carbocycles. The molecule has 0 aliphatic heterocycles. The summed E-state index contributed by atoms with van der Waals surface area (Å²) in [5, 5.41) is 0.511. The Labute approximate surface area is 170 Å². The van der Waals surface area contributed by atoms with Crippen molar-refractivity contribution < 1.29 is 13.2 Å². The Morgan fingerprint density at radius 2 is 1.85 bits per heavy atom. The van der Waals surface area contributed by atoms with Crippen LogP contribution in [0, 0.1) is 0 Å². The molecule has 0 radical (unpaired) electrons. The van der Waals surface area contributed by atoms with Gasteiger partial charge in [-0.2, -0.15) is 0 Å². The van der Waals surface area contributed by atoms with Crippen molar-refractivity contribution in [3.8, 4) is 5.75 Å². The van der Waals surface area contributed by atoms with Crippen molar-refractivity contribution in [1.82, 2.24) is 4.90 Å². The van der Waals surface area contributed by atoms with E-state index in [0.29, 0.717) is 16.8 Å². The topological polar surface area (TPSA) is 58.6 Å². The molecule has 1 N–H and O–H groups in total. The first-order chi connectivity index (χ1) is 12.7. The van der Waals surface area contributed by atoms with Crippen molar-refractivity contribution in [2.45, 2.75) is 30.2 Å². The fourth-order valence-electron chi connectivity index (χ4n) is 3.40. The van der Waals surface area contributed by atoms with Crippen molar-refractivity contribution in [3.05, 3.63) is 51.5 Å². The van der Waals surface area contributed by atoms with Crippen LogP contribution in [0.4, 0.5) is 5.69 Å². The highest BCUT2D eigenvalue weighted by Crippen LogP contribution is 2.37. The summed E-state index contributed by atoms with van der Waals surface area (Å²) < 4.78 is 33.9. The third-order valence-electron chi connectivity index (χ3n) is 4.95. The van der Waals surface area contributed by atoms with E-state index in [1.54, 1.807) is 13.2 Å². The maximum absolute atomic E-state index is 12.8. The fourth-order valence-corrected chi connectivity index (χ4v) is 4.89. The van der Waals surface area contributed by atoms with Crippen LogP contribution in [0.15, 0.2) is 35.2 Å². The van der Waals surface area contributed by atoms with E-state index in [0.717, 1.165) is 36.1 Å². The third kappa shape index (κ3) is 4.19. The van der Waals surface area contributed by atoms with Gasteiger partial charge in [0.1, 0.15) is 5.75 Å². The van der Waals surface area contributed by atoms with Gasteiger partial charge < -0.3 is 9.64 Å². The highest BCUT2D eigenvalue weighted by Gasteiger charge is 2.27. The number of methoxy groups -OCH3 is 1. The summed E-state index contributed by atoms with van der Waals surface area (Å²) in [6, 6.07) is 8.22. The summed E-state index contributed by atoms with van der Waals surface area (Å²) in [5.41, 5.74) is 2.61. The molecule has 146 valence electrons. The van der Waals surface area contributed by atoms with Crippen LogP contribution in [0.5, 0.6) is 5.75 Å². The SMILES string of the molecule is COc1ccc(NS(=O)(=O)c2ccc(Cl)c(Cl)c2)c2c1CC(N(C)C)CC2. The van der Waals surface area contributed by atoms with Crippen LogP contribution in [-0.2, 0) is 22.9 Å². The normalized spacial score (nSPS) is 16.9. The van der Waals surface area contributed by atoms with Gasteiger partial charge in [0, 0.05) is 11.6 Å². The third-order valence-corrected chi connectivity index (χ3v) is 7.05. The molecule has 0 bridgehead atoms. The number of hydrogen-bond acceptors (Lipinski definition) is 4. The molecule has 1 aliphatic rings. The molecule has 0 amide bonds. The number of halogens is 2. The summed E-state index contributed by atoms with van der Waals surface area (Å²) in [6.07, 6.45) is 2.54.